The van der Waals surface area contributed by atoms with Crippen LogP contribution >= 0.6 is 0 Å². The second kappa shape index (κ2) is 10.7. The first-order valence-corrected chi connectivity index (χ1v) is 13.0. The summed E-state index contributed by atoms with van der Waals surface area (Å²) in [7, 11) is 0. The molecule has 4 aromatic rings. The Balaban J connectivity index is 1.51. The van der Waals surface area contributed by atoms with Crippen molar-refractivity contribution in [2.75, 3.05) is 6.54 Å². The lowest BCUT2D eigenvalue weighted by molar-refractivity contribution is 0.103. The maximum atomic E-state index is 14.0. The number of piperidine rings is 1. The summed E-state index contributed by atoms with van der Waals surface area (Å²) in [6, 6.07) is 17.3. The third kappa shape index (κ3) is 5.15. The van der Waals surface area contributed by atoms with E-state index in [1.807, 2.05) is 26.0 Å². The van der Waals surface area contributed by atoms with Gasteiger partial charge in [-0.05, 0) is 112 Å². The standard InChI is InChI=1S/C31H32N2O5/c1-18-16-22(34)9-13-25(18)29-28(31(38-33-29)26-14-10-23(35)17-19(26)2)30(36)21-7-11-24(12-8-21)37-20(3)27-6-4-5-15-32-27/h7-14,16-17,20,27,32,34-35H,4-6,15H2,1-3H3. The zero-order chi connectivity index (χ0) is 26.8. The zero-order valence-corrected chi connectivity index (χ0v) is 21.8. The van der Waals surface area contributed by atoms with Crippen LogP contribution < -0.4 is 10.1 Å². The van der Waals surface area contributed by atoms with Crippen molar-refractivity contribution in [1.82, 2.24) is 10.5 Å². The van der Waals surface area contributed by atoms with Gasteiger partial charge in [0.2, 0.25) is 0 Å². The molecule has 2 unspecified atom stereocenters. The highest BCUT2D eigenvalue weighted by Crippen LogP contribution is 2.38. The number of aromatic nitrogens is 1. The molecule has 1 aliphatic heterocycles. The van der Waals surface area contributed by atoms with Crippen LogP contribution in [-0.4, -0.2) is 39.8 Å². The van der Waals surface area contributed by atoms with E-state index in [0.717, 1.165) is 24.1 Å². The fourth-order valence-electron chi connectivity index (χ4n) is 5.09. The van der Waals surface area contributed by atoms with Gasteiger partial charge < -0.3 is 24.8 Å². The van der Waals surface area contributed by atoms with Gasteiger partial charge >= 0.3 is 0 Å². The number of nitrogens with zero attached hydrogens (tertiary/aromatic N) is 1. The van der Waals surface area contributed by atoms with Crippen molar-refractivity contribution in [3.63, 3.8) is 0 Å². The Morgan fingerprint density at radius 1 is 0.974 bits per heavy atom. The molecule has 0 aliphatic carbocycles. The molecule has 1 aliphatic rings. The van der Waals surface area contributed by atoms with Crippen molar-refractivity contribution in [3.05, 3.63) is 82.9 Å². The number of ketones is 1. The van der Waals surface area contributed by atoms with E-state index in [-0.39, 0.29) is 23.4 Å². The minimum Gasteiger partial charge on any atom is -0.508 e. The fraction of sp³-hybridized carbons (Fsp3) is 0.290. The molecule has 38 heavy (non-hydrogen) atoms. The van der Waals surface area contributed by atoms with Crippen molar-refractivity contribution in [2.45, 2.75) is 52.2 Å². The lowest BCUT2D eigenvalue weighted by atomic mass is 9.92. The molecule has 0 spiro atoms. The Labute approximate surface area is 222 Å². The molecule has 196 valence electrons. The Kier molecular flexibility index (Phi) is 7.20. The lowest BCUT2D eigenvalue weighted by Gasteiger charge is -2.29. The molecule has 0 amide bonds. The molecule has 7 heteroatoms. The van der Waals surface area contributed by atoms with E-state index >= 15 is 0 Å². The molecule has 0 bridgehead atoms. The molecular formula is C31H32N2O5. The summed E-state index contributed by atoms with van der Waals surface area (Å²) in [4.78, 5) is 14.0. The van der Waals surface area contributed by atoms with Gasteiger partial charge in [0.15, 0.2) is 11.5 Å². The summed E-state index contributed by atoms with van der Waals surface area (Å²) in [6.07, 6.45) is 3.50. The summed E-state index contributed by atoms with van der Waals surface area (Å²) in [5.41, 5.74) is 4.04. The van der Waals surface area contributed by atoms with Gasteiger partial charge in [-0.1, -0.05) is 11.6 Å². The van der Waals surface area contributed by atoms with E-state index < -0.39 is 0 Å². The largest absolute Gasteiger partial charge is 0.508 e. The van der Waals surface area contributed by atoms with Crippen molar-refractivity contribution in [1.29, 1.82) is 0 Å². The maximum absolute atomic E-state index is 14.0. The molecule has 0 radical (unpaired) electrons. The summed E-state index contributed by atoms with van der Waals surface area (Å²) in [6.45, 7) is 6.76. The SMILES string of the molecule is Cc1cc(O)ccc1-c1noc(-c2ccc(O)cc2C)c1C(=O)c1ccc(OC(C)C2CCCCN2)cc1. The molecule has 1 aromatic heterocycles. The van der Waals surface area contributed by atoms with Gasteiger partial charge in [0.25, 0.3) is 0 Å². The van der Waals surface area contributed by atoms with E-state index in [1.165, 1.54) is 12.8 Å². The van der Waals surface area contributed by atoms with E-state index in [2.05, 4.69) is 17.4 Å². The van der Waals surface area contributed by atoms with Crippen molar-refractivity contribution in [3.8, 4) is 39.8 Å². The second-order valence-corrected chi connectivity index (χ2v) is 9.97. The number of carbonyl (C=O) groups is 1. The Morgan fingerprint density at radius 3 is 2.24 bits per heavy atom. The number of nitrogens with one attached hydrogen (secondary N) is 1. The number of aromatic hydroxyl groups is 2. The number of ether oxygens (including phenoxy) is 1. The Bertz CT molecular complexity index is 1380. The van der Waals surface area contributed by atoms with Gasteiger partial charge in [0, 0.05) is 22.7 Å². The summed E-state index contributed by atoms with van der Waals surface area (Å²) in [5, 5.41) is 27.6. The number of hydrogen-bond donors (Lipinski definition) is 3. The molecule has 1 saturated heterocycles. The normalized spacial score (nSPS) is 16.2. The molecule has 3 aromatic carbocycles. The van der Waals surface area contributed by atoms with Crippen LogP contribution in [0.15, 0.2) is 65.2 Å². The minimum atomic E-state index is -0.246. The molecule has 7 nitrogen and oxygen atoms in total. The topological polar surface area (TPSA) is 105 Å². The third-order valence-electron chi connectivity index (χ3n) is 7.19. The molecule has 1 fully saturated rings. The first kappa shape index (κ1) is 25.5. The van der Waals surface area contributed by atoms with Crippen LogP contribution in [-0.2, 0) is 0 Å². The molecule has 5 rings (SSSR count). The number of phenolic OH excluding ortho intramolecular Hbond substituents is 2. The van der Waals surface area contributed by atoms with Crippen molar-refractivity contribution >= 4 is 5.78 Å². The highest BCUT2D eigenvalue weighted by Gasteiger charge is 2.28. The highest BCUT2D eigenvalue weighted by molar-refractivity contribution is 6.15. The van der Waals surface area contributed by atoms with Gasteiger partial charge in [-0.3, -0.25) is 4.79 Å². The number of phenols is 2. The number of carbonyl (C=O) groups excluding carboxylic acids is 1. The highest BCUT2D eigenvalue weighted by atomic mass is 16.5. The quantitative estimate of drug-likeness (QED) is 0.254. The first-order chi connectivity index (χ1) is 18.3. The average molecular weight is 513 g/mol. The summed E-state index contributed by atoms with van der Waals surface area (Å²) < 4.78 is 11.9. The Morgan fingerprint density at radius 2 is 1.63 bits per heavy atom. The van der Waals surface area contributed by atoms with Crippen LogP contribution in [0.1, 0.15) is 53.2 Å². The van der Waals surface area contributed by atoms with E-state index in [1.54, 1.807) is 48.5 Å². The molecule has 2 heterocycles. The predicted octanol–water partition coefficient (Wildman–Crippen LogP) is 6.18. The number of hydrogen-bond acceptors (Lipinski definition) is 7. The van der Waals surface area contributed by atoms with Crippen LogP contribution in [0.3, 0.4) is 0 Å². The second-order valence-electron chi connectivity index (χ2n) is 9.97. The fourth-order valence-corrected chi connectivity index (χ4v) is 5.09. The van der Waals surface area contributed by atoms with Gasteiger partial charge in [-0.25, -0.2) is 0 Å². The number of rotatable bonds is 7. The average Bonchev–Trinajstić information content (AvgIpc) is 3.33. The smallest absolute Gasteiger partial charge is 0.199 e. The van der Waals surface area contributed by atoms with Gasteiger partial charge in [-0.15, -0.1) is 0 Å². The number of aryl methyl sites for hydroxylation is 2. The predicted molar refractivity (Wildman–Crippen MR) is 146 cm³/mol. The number of benzene rings is 3. The van der Waals surface area contributed by atoms with Gasteiger partial charge in [-0.2, -0.15) is 0 Å². The van der Waals surface area contributed by atoms with E-state index in [9.17, 15) is 15.0 Å². The van der Waals surface area contributed by atoms with Gasteiger partial charge in [0.05, 0.1) is 5.56 Å². The van der Waals surface area contributed by atoms with Crippen LogP contribution in [0, 0.1) is 13.8 Å². The maximum Gasteiger partial charge on any atom is 0.199 e. The zero-order valence-electron chi connectivity index (χ0n) is 21.8. The molecule has 3 N–H and O–H groups in total. The van der Waals surface area contributed by atoms with E-state index in [0.29, 0.717) is 45.5 Å². The van der Waals surface area contributed by atoms with Crippen LogP contribution in [0.4, 0.5) is 0 Å². The lowest BCUT2D eigenvalue weighted by Crippen LogP contribution is -2.44. The first-order valence-electron chi connectivity index (χ1n) is 13.0. The van der Waals surface area contributed by atoms with Gasteiger partial charge in [0.1, 0.15) is 29.0 Å². The Hall–Kier alpha value is -4.10. The van der Waals surface area contributed by atoms with Crippen molar-refractivity contribution in [2.24, 2.45) is 0 Å². The monoisotopic (exact) mass is 512 g/mol. The summed E-state index contributed by atoms with van der Waals surface area (Å²) in [5.74, 6) is 1.04. The van der Waals surface area contributed by atoms with Crippen LogP contribution in [0.5, 0.6) is 17.2 Å². The van der Waals surface area contributed by atoms with E-state index in [4.69, 9.17) is 9.26 Å². The summed E-state index contributed by atoms with van der Waals surface area (Å²) >= 11 is 0. The molecule has 0 saturated carbocycles. The van der Waals surface area contributed by atoms with Crippen LogP contribution in [0.25, 0.3) is 22.6 Å². The minimum absolute atomic E-state index is 0.0167. The van der Waals surface area contributed by atoms with Crippen LogP contribution in [0.2, 0.25) is 0 Å². The van der Waals surface area contributed by atoms with Crippen molar-refractivity contribution < 1.29 is 24.3 Å². The molecule has 2 atom stereocenters. The molecular weight excluding hydrogens is 480 g/mol. The third-order valence-corrected chi connectivity index (χ3v) is 7.19.